The SMILES string of the molecule is C=CC(=O)CC(C)N. The average molecular weight is 113 g/mol. The smallest absolute Gasteiger partial charge is 0.156 e. The lowest BCUT2D eigenvalue weighted by Crippen LogP contribution is -2.18. The molecule has 0 fully saturated rings. The fourth-order valence-corrected chi connectivity index (χ4v) is 0.401. The largest absolute Gasteiger partial charge is 0.328 e. The molecule has 2 nitrogen and oxygen atoms in total. The van der Waals surface area contributed by atoms with E-state index in [0.717, 1.165) is 0 Å². The second-order valence-electron chi connectivity index (χ2n) is 1.85. The number of nitrogens with two attached hydrogens (primary N) is 1. The van der Waals surface area contributed by atoms with Gasteiger partial charge in [0.1, 0.15) is 0 Å². The monoisotopic (exact) mass is 113 g/mol. The van der Waals surface area contributed by atoms with Gasteiger partial charge >= 0.3 is 0 Å². The van der Waals surface area contributed by atoms with Crippen LogP contribution in [0.3, 0.4) is 0 Å². The van der Waals surface area contributed by atoms with E-state index >= 15 is 0 Å². The molecule has 0 saturated carbocycles. The van der Waals surface area contributed by atoms with Gasteiger partial charge in [0, 0.05) is 12.5 Å². The van der Waals surface area contributed by atoms with E-state index in [9.17, 15) is 4.79 Å². The quantitative estimate of drug-likeness (QED) is 0.541. The molecule has 46 valence electrons. The highest BCUT2D eigenvalue weighted by molar-refractivity contribution is 5.89. The minimum Gasteiger partial charge on any atom is -0.328 e. The summed E-state index contributed by atoms with van der Waals surface area (Å²) in [5.41, 5.74) is 5.30. The van der Waals surface area contributed by atoms with Gasteiger partial charge in [-0.05, 0) is 13.0 Å². The maximum absolute atomic E-state index is 10.4. The van der Waals surface area contributed by atoms with Gasteiger partial charge in [0.2, 0.25) is 0 Å². The lowest BCUT2D eigenvalue weighted by atomic mass is 10.2. The zero-order chi connectivity index (χ0) is 6.57. The third kappa shape index (κ3) is 3.56. The average Bonchev–Trinajstić information content (AvgIpc) is 1.65. The number of ketones is 1. The molecule has 0 aliphatic heterocycles. The van der Waals surface area contributed by atoms with Crippen LogP contribution < -0.4 is 5.73 Å². The van der Waals surface area contributed by atoms with Gasteiger partial charge in [-0.15, -0.1) is 0 Å². The van der Waals surface area contributed by atoms with E-state index in [4.69, 9.17) is 5.73 Å². The van der Waals surface area contributed by atoms with Crippen LogP contribution in [0, 0.1) is 0 Å². The van der Waals surface area contributed by atoms with Crippen molar-refractivity contribution in [3.8, 4) is 0 Å². The molecule has 0 aromatic heterocycles. The highest BCUT2D eigenvalue weighted by Gasteiger charge is 1.97. The van der Waals surface area contributed by atoms with Crippen LogP contribution >= 0.6 is 0 Å². The van der Waals surface area contributed by atoms with Crippen molar-refractivity contribution in [3.63, 3.8) is 0 Å². The van der Waals surface area contributed by atoms with E-state index in [1.54, 1.807) is 6.92 Å². The number of carbonyl (C=O) groups is 1. The molecule has 0 bridgehead atoms. The summed E-state index contributed by atoms with van der Waals surface area (Å²) in [6.07, 6.45) is 1.70. The molecular formula is C6H11NO. The molecule has 0 spiro atoms. The molecular weight excluding hydrogens is 102 g/mol. The van der Waals surface area contributed by atoms with E-state index in [1.807, 2.05) is 0 Å². The molecule has 0 radical (unpaired) electrons. The topological polar surface area (TPSA) is 43.1 Å². The highest BCUT2D eigenvalue weighted by atomic mass is 16.1. The number of rotatable bonds is 3. The van der Waals surface area contributed by atoms with Crippen LogP contribution in [0.25, 0.3) is 0 Å². The van der Waals surface area contributed by atoms with Crippen molar-refractivity contribution in [1.82, 2.24) is 0 Å². The second kappa shape index (κ2) is 3.38. The maximum Gasteiger partial charge on any atom is 0.156 e. The Balaban J connectivity index is 3.39. The highest BCUT2D eigenvalue weighted by Crippen LogP contribution is 1.87. The third-order valence-electron chi connectivity index (χ3n) is 0.751. The number of hydrogen-bond acceptors (Lipinski definition) is 2. The van der Waals surface area contributed by atoms with Gasteiger partial charge in [-0.1, -0.05) is 6.58 Å². The Labute approximate surface area is 49.4 Å². The summed E-state index contributed by atoms with van der Waals surface area (Å²) in [4.78, 5) is 10.4. The predicted molar refractivity (Wildman–Crippen MR) is 33.5 cm³/mol. The van der Waals surface area contributed by atoms with E-state index < -0.39 is 0 Å². The molecule has 0 rings (SSSR count). The summed E-state index contributed by atoms with van der Waals surface area (Å²) in [6.45, 7) is 5.10. The normalized spacial score (nSPS) is 12.8. The lowest BCUT2D eigenvalue weighted by molar-refractivity contribution is -0.114. The van der Waals surface area contributed by atoms with Crippen LogP contribution in [-0.4, -0.2) is 11.8 Å². The van der Waals surface area contributed by atoms with E-state index in [1.165, 1.54) is 6.08 Å². The fraction of sp³-hybridized carbons (Fsp3) is 0.500. The molecule has 2 heteroatoms. The number of hydrogen-bond donors (Lipinski definition) is 1. The Hall–Kier alpha value is -0.630. The molecule has 0 amide bonds. The van der Waals surface area contributed by atoms with Crippen molar-refractivity contribution in [1.29, 1.82) is 0 Å². The maximum atomic E-state index is 10.4. The first-order valence-electron chi connectivity index (χ1n) is 2.57. The molecule has 1 unspecified atom stereocenters. The Bertz CT molecular complexity index is 96.7. The van der Waals surface area contributed by atoms with Gasteiger partial charge in [0.05, 0.1) is 0 Å². The predicted octanol–water partition coefficient (Wildman–Crippen LogP) is 0.479. The lowest BCUT2D eigenvalue weighted by Gasteiger charge is -1.97. The molecule has 0 saturated heterocycles. The minimum absolute atomic E-state index is 0.0139. The Morgan fingerprint density at radius 3 is 2.62 bits per heavy atom. The second-order valence-corrected chi connectivity index (χ2v) is 1.85. The third-order valence-corrected chi connectivity index (χ3v) is 0.751. The van der Waals surface area contributed by atoms with E-state index in [2.05, 4.69) is 6.58 Å². The summed E-state index contributed by atoms with van der Waals surface area (Å²) in [5, 5.41) is 0. The number of carbonyl (C=O) groups excluding carboxylic acids is 1. The van der Waals surface area contributed by atoms with Crippen LogP contribution in [0.1, 0.15) is 13.3 Å². The van der Waals surface area contributed by atoms with Crippen molar-refractivity contribution in [2.24, 2.45) is 5.73 Å². The molecule has 0 heterocycles. The van der Waals surface area contributed by atoms with Crippen molar-refractivity contribution in [3.05, 3.63) is 12.7 Å². The Kier molecular flexibility index (Phi) is 3.12. The van der Waals surface area contributed by atoms with E-state index in [0.29, 0.717) is 6.42 Å². The van der Waals surface area contributed by atoms with Crippen LogP contribution in [0.2, 0.25) is 0 Å². The van der Waals surface area contributed by atoms with Gasteiger partial charge in [-0.25, -0.2) is 0 Å². The molecule has 2 N–H and O–H groups in total. The van der Waals surface area contributed by atoms with Crippen molar-refractivity contribution < 1.29 is 4.79 Å². The Morgan fingerprint density at radius 1 is 2.00 bits per heavy atom. The van der Waals surface area contributed by atoms with Crippen LogP contribution in [0.5, 0.6) is 0 Å². The first-order chi connectivity index (χ1) is 3.66. The molecule has 0 aromatic rings. The molecule has 0 aliphatic carbocycles. The first-order valence-corrected chi connectivity index (χ1v) is 2.57. The summed E-state index contributed by atoms with van der Waals surface area (Å²) in [5.74, 6) is 0.0139. The fourth-order valence-electron chi connectivity index (χ4n) is 0.401. The van der Waals surface area contributed by atoms with Gasteiger partial charge in [0.25, 0.3) is 0 Å². The zero-order valence-corrected chi connectivity index (χ0v) is 5.05. The van der Waals surface area contributed by atoms with Crippen molar-refractivity contribution >= 4 is 5.78 Å². The van der Waals surface area contributed by atoms with Gasteiger partial charge in [0.15, 0.2) is 5.78 Å². The summed E-state index contributed by atoms with van der Waals surface area (Å²) >= 11 is 0. The van der Waals surface area contributed by atoms with Gasteiger partial charge < -0.3 is 5.73 Å². The zero-order valence-electron chi connectivity index (χ0n) is 5.05. The van der Waals surface area contributed by atoms with Gasteiger partial charge in [-0.3, -0.25) is 4.79 Å². The number of allylic oxidation sites excluding steroid dienone is 1. The Morgan fingerprint density at radius 2 is 2.50 bits per heavy atom. The molecule has 0 aliphatic rings. The molecule has 8 heavy (non-hydrogen) atoms. The van der Waals surface area contributed by atoms with Crippen molar-refractivity contribution in [2.75, 3.05) is 0 Å². The summed E-state index contributed by atoms with van der Waals surface area (Å²) in [6, 6.07) is -0.0412. The van der Waals surface area contributed by atoms with Gasteiger partial charge in [-0.2, -0.15) is 0 Å². The van der Waals surface area contributed by atoms with Crippen LogP contribution in [0.4, 0.5) is 0 Å². The van der Waals surface area contributed by atoms with Crippen LogP contribution in [0.15, 0.2) is 12.7 Å². The van der Waals surface area contributed by atoms with E-state index in [-0.39, 0.29) is 11.8 Å². The molecule has 1 atom stereocenters. The summed E-state index contributed by atoms with van der Waals surface area (Å²) in [7, 11) is 0. The molecule has 0 aromatic carbocycles. The summed E-state index contributed by atoms with van der Waals surface area (Å²) < 4.78 is 0. The van der Waals surface area contributed by atoms with Crippen molar-refractivity contribution in [2.45, 2.75) is 19.4 Å². The standard InChI is InChI=1S/C6H11NO/c1-3-6(8)4-5(2)7/h3,5H,1,4,7H2,2H3. The van der Waals surface area contributed by atoms with Crippen LogP contribution in [-0.2, 0) is 4.79 Å². The minimum atomic E-state index is -0.0412. The first kappa shape index (κ1) is 7.37.